The topological polar surface area (TPSA) is 62.3 Å². The van der Waals surface area contributed by atoms with Gasteiger partial charge in [0.2, 0.25) is 5.91 Å². The van der Waals surface area contributed by atoms with E-state index < -0.39 is 5.54 Å². The molecule has 1 aliphatic heterocycles. The third-order valence-corrected chi connectivity index (χ3v) is 4.30. The number of hydrogen-bond acceptors (Lipinski definition) is 3. The maximum absolute atomic E-state index is 13.3. The lowest BCUT2D eigenvalue weighted by Gasteiger charge is -2.41. The number of piperazine rings is 1. The number of carbonyl (C=O) groups is 2. The van der Waals surface area contributed by atoms with E-state index in [-0.39, 0.29) is 17.6 Å². The lowest BCUT2D eigenvalue weighted by molar-refractivity contribution is -0.133. The summed E-state index contributed by atoms with van der Waals surface area (Å²) in [5.74, 6) is -0.774. The summed E-state index contributed by atoms with van der Waals surface area (Å²) in [7, 11) is 0. The minimum Gasteiger partial charge on any atom is -0.352 e. The van der Waals surface area contributed by atoms with Crippen molar-refractivity contribution in [2.75, 3.05) is 13.1 Å². The van der Waals surface area contributed by atoms with Crippen LogP contribution in [0.2, 0.25) is 0 Å². The van der Waals surface area contributed by atoms with Gasteiger partial charge < -0.3 is 10.2 Å². The summed E-state index contributed by atoms with van der Waals surface area (Å²) in [6, 6.07) is 5.99. The van der Waals surface area contributed by atoms with Gasteiger partial charge in [-0.1, -0.05) is 0 Å². The predicted molar refractivity (Wildman–Crippen MR) is 84.6 cm³/mol. The normalized spacial score (nSPS) is 17.2. The first-order valence-corrected chi connectivity index (χ1v) is 7.48. The molecule has 0 radical (unpaired) electrons. The first-order chi connectivity index (χ1) is 10.8. The summed E-state index contributed by atoms with van der Waals surface area (Å²) < 4.78 is 13.3. The molecule has 0 saturated carbocycles. The number of fused-ring (bicyclic) bond motifs is 1. The average molecular weight is 315 g/mol. The first kappa shape index (κ1) is 15.4. The van der Waals surface area contributed by atoms with E-state index in [2.05, 4.69) is 10.3 Å². The quantitative estimate of drug-likeness (QED) is 0.876. The highest BCUT2D eigenvalue weighted by molar-refractivity contribution is 6.02. The molecule has 23 heavy (non-hydrogen) atoms. The minimum absolute atomic E-state index is 0.175. The largest absolute Gasteiger partial charge is 0.352 e. The molecule has 0 aliphatic carbocycles. The van der Waals surface area contributed by atoms with Crippen LogP contribution in [0.15, 0.2) is 24.3 Å². The number of benzene rings is 1. The number of amides is 2. The monoisotopic (exact) mass is 315 g/mol. The number of carbonyl (C=O) groups excluding carboxylic acids is 2. The first-order valence-electron chi connectivity index (χ1n) is 7.48. The number of nitrogens with one attached hydrogen (secondary N) is 1. The highest BCUT2D eigenvalue weighted by Gasteiger charge is 2.41. The molecule has 0 spiro atoms. The van der Waals surface area contributed by atoms with Crippen LogP contribution in [0, 0.1) is 12.7 Å². The van der Waals surface area contributed by atoms with Gasteiger partial charge in [-0.3, -0.25) is 14.6 Å². The lowest BCUT2D eigenvalue weighted by atomic mass is 9.97. The molecular weight excluding hydrogens is 297 g/mol. The fourth-order valence-electron chi connectivity index (χ4n) is 2.85. The van der Waals surface area contributed by atoms with Gasteiger partial charge in [-0.2, -0.15) is 0 Å². The number of aromatic nitrogens is 1. The van der Waals surface area contributed by atoms with Crippen molar-refractivity contribution in [1.29, 1.82) is 0 Å². The van der Waals surface area contributed by atoms with Gasteiger partial charge in [0.15, 0.2) is 0 Å². The van der Waals surface area contributed by atoms with Crippen molar-refractivity contribution in [3.8, 4) is 0 Å². The van der Waals surface area contributed by atoms with Crippen molar-refractivity contribution in [3.63, 3.8) is 0 Å². The summed E-state index contributed by atoms with van der Waals surface area (Å²) in [4.78, 5) is 30.9. The number of hydrogen-bond donors (Lipinski definition) is 1. The standard InChI is InChI=1S/C17H18FN3O2/c1-10-13(8-11-4-5-12(18)9-14(11)20-10)15(22)21-7-6-19-16(23)17(21,2)3/h4-5,8-9H,6-7H2,1-3H3,(H,19,23). The maximum atomic E-state index is 13.3. The molecule has 2 amide bonds. The second kappa shape index (κ2) is 5.30. The SMILES string of the molecule is Cc1nc2cc(F)ccc2cc1C(=O)N1CCNC(=O)C1(C)C. The molecule has 3 rings (SSSR count). The molecule has 0 atom stereocenters. The number of halogens is 1. The van der Waals surface area contributed by atoms with Crippen molar-refractivity contribution in [3.05, 3.63) is 41.3 Å². The van der Waals surface area contributed by atoms with Gasteiger partial charge in [0.05, 0.1) is 16.8 Å². The summed E-state index contributed by atoms with van der Waals surface area (Å²) in [5.41, 5.74) is 0.552. The lowest BCUT2D eigenvalue weighted by Crippen LogP contribution is -2.63. The molecule has 1 aliphatic rings. The zero-order valence-corrected chi connectivity index (χ0v) is 13.3. The van der Waals surface area contributed by atoms with Gasteiger partial charge in [-0.05, 0) is 39.0 Å². The van der Waals surface area contributed by atoms with Crippen molar-refractivity contribution in [1.82, 2.24) is 15.2 Å². The van der Waals surface area contributed by atoms with Crippen LogP contribution in [0.4, 0.5) is 4.39 Å². The van der Waals surface area contributed by atoms with E-state index in [0.29, 0.717) is 35.2 Å². The Hall–Kier alpha value is -2.50. The second-order valence-corrected chi connectivity index (χ2v) is 6.23. The van der Waals surface area contributed by atoms with Crippen LogP contribution in [0.25, 0.3) is 10.9 Å². The van der Waals surface area contributed by atoms with Gasteiger partial charge in [-0.15, -0.1) is 0 Å². The molecule has 1 N–H and O–H groups in total. The molecule has 1 aromatic carbocycles. The average Bonchev–Trinajstić information content (AvgIpc) is 2.48. The van der Waals surface area contributed by atoms with Crippen molar-refractivity contribution in [2.45, 2.75) is 26.3 Å². The number of aryl methyl sites for hydroxylation is 1. The molecule has 2 heterocycles. The maximum Gasteiger partial charge on any atom is 0.256 e. The number of pyridine rings is 1. The molecule has 0 unspecified atom stereocenters. The van der Waals surface area contributed by atoms with Gasteiger partial charge in [0.25, 0.3) is 5.91 Å². The summed E-state index contributed by atoms with van der Waals surface area (Å²) in [6.45, 7) is 6.03. The fourth-order valence-corrected chi connectivity index (χ4v) is 2.85. The Morgan fingerprint density at radius 3 is 2.83 bits per heavy atom. The molecule has 1 saturated heterocycles. The Bertz CT molecular complexity index is 817. The van der Waals surface area contributed by atoms with Crippen LogP contribution < -0.4 is 5.32 Å². The number of nitrogens with zero attached hydrogens (tertiary/aromatic N) is 2. The molecule has 1 aromatic heterocycles. The van der Waals surface area contributed by atoms with Gasteiger partial charge in [0.1, 0.15) is 11.4 Å². The molecule has 120 valence electrons. The van der Waals surface area contributed by atoms with E-state index in [4.69, 9.17) is 0 Å². The van der Waals surface area contributed by atoms with Crippen LogP contribution in [-0.4, -0.2) is 40.3 Å². The highest BCUT2D eigenvalue weighted by atomic mass is 19.1. The molecule has 0 bridgehead atoms. The zero-order chi connectivity index (χ0) is 16.8. The van der Waals surface area contributed by atoms with Crippen molar-refractivity contribution >= 4 is 22.7 Å². The smallest absolute Gasteiger partial charge is 0.256 e. The molecule has 5 nitrogen and oxygen atoms in total. The molecule has 1 fully saturated rings. The van der Waals surface area contributed by atoms with E-state index in [1.54, 1.807) is 37.8 Å². The van der Waals surface area contributed by atoms with Gasteiger partial charge in [-0.25, -0.2) is 4.39 Å². The Balaban J connectivity index is 2.05. The minimum atomic E-state index is -0.917. The van der Waals surface area contributed by atoms with E-state index >= 15 is 0 Å². The fraction of sp³-hybridized carbons (Fsp3) is 0.353. The van der Waals surface area contributed by atoms with Crippen molar-refractivity contribution in [2.24, 2.45) is 0 Å². The van der Waals surface area contributed by atoms with E-state index in [1.165, 1.54) is 12.1 Å². The van der Waals surface area contributed by atoms with Gasteiger partial charge in [0, 0.05) is 24.5 Å². The van der Waals surface area contributed by atoms with Crippen LogP contribution in [0.3, 0.4) is 0 Å². The van der Waals surface area contributed by atoms with Crippen molar-refractivity contribution < 1.29 is 14.0 Å². The van der Waals surface area contributed by atoms with Gasteiger partial charge >= 0.3 is 0 Å². The molecular formula is C17H18FN3O2. The number of rotatable bonds is 1. The van der Waals surface area contributed by atoms with Crippen LogP contribution in [0.5, 0.6) is 0 Å². The third kappa shape index (κ3) is 2.54. The summed E-state index contributed by atoms with van der Waals surface area (Å²) in [5, 5.41) is 3.46. The van der Waals surface area contributed by atoms with Crippen LogP contribution in [-0.2, 0) is 4.79 Å². The summed E-state index contributed by atoms with van der Waals surface area (Å²) in [6.07, 6.45) is 0. The second-order valence-electron chi connectivity index (χ2n) is 6.23. The summed E-state index contributed by atoms with van der Waals surface area (Å²) >= 11 is 0. The molecule has 2 aromatic rings. The van der Waals surface area contributed by atoms with E-state index in [0.717, 1.165) is 0 Å². The van der Waals surface area contributed by atoms with Crippen LogP contribution >= 0.6 is 0 Å². The van der Waals surface area contributed by atoms with Crippen LogP contribution in [0.1, 0.15) is 29.9 Å². The Morgan fingerprint density at radius 1 is 1.35 bits per heavy atom. The Morgan fingerprint density at radius 2 is 2.09 bits per heavy atom. The Labute approximate surface area is 133 Å². The zero-order valence-electron chi connectivity index (χ0n) is 13.3. The van der Waals surface area contributed by atoms with E-state index in [1.807, 2.05) is 0 Å². The Kier molecular flexibility index (Phi) is 3.55. The third-order valence-electron chi connectivity index (χ3n) is 4.30. The van der Waals surface area contributed by atoms with E-state index in [9.17, 15) is 14.0 Å². The predicted octanol–water partition coefficient (Wildman–Crippen LogP) is 2.03. The highest BCUT2D eigenvalue weighted by Crippen LogP contribution is 2.24. The molecule has 6 heteroatoms.